The molecule has 2 aromatic rings. The maximum Gasteiger partial charge on any atom is 0.417 e. The number of halogens is 5. The molecule has 1 N–H and O–H groups in total. The molecule has 2 heterocycles. The number of pyridine rings is 1. The second kappa shape index (κ2) is 6.99. The first-order chi connectivity index (χ1) is 11.5. The van der Waals surface area contributed by atoms with Crippen LogP contribution >= 0.6 is 11.6 Å². The van der Waals surface area contributed by atoms with Crippen LogP contribution in [-0.4, -0.2) is 26.7 Å². The average Bonchev–Trinajstić information content (AvgIpc) is 2.73. The summed E-state index contributed by atoms with van der Waals surface area (Å²) >= 11 is 5.84. The van der Waals surface area contributed by atoms with Gasteiger partial charge < -0.3 is 5.32 Å². The number of hydrogen-bond donors (Lipinski definition) is 1. The van der Waals surface area contributed by atoms with Crippen molar-refractivity contribution < 1.29 is 22.4 Å². The van der Waals surface area contributed by atoms with Crippen molar-refractivity contribution in [2.24, 2.45) is 7.05 Å². The minimum absolute atomic E-state index is 0.0869. The lowest BCUT2D eigenvalue weighted by atomic mass is 10.1. The van der Waals surface area contributed by atoms with Gasteiger partial charge in [0.25, 0.3) is 5.91 Å². The topological polar surface area (TPSA) is 59.8 Å². The second-order valence-electron chi connectivity index (χ2n) is 5.60. The lowest BCUT2D eigenvalue weighted by Crippen LogP contribution is -2.35. The number of nitrogens with zero attached hydrogens (tertiary/aromatic N) is 3. The molecule has 0 saturated carbocycles. The number of carbonyl (C=O) groups excluding carboxylic acids is 1. The largest absolute Gasteiger partial charge is 0.417 e. The predicted molar refractivity (Wildman–Crippen MR) is 82.8 cm³/mol. The number of nitrogens with one attached hydrogen (secondary N) is 1. The van der Waals surface area contributed by atoms with Gasteiger partial charge in [0.15, 0.2) is 0 Å². The van der Waals surface area contributed by atoms with E-state index in [2.05, 4.69) is 15.4 Å². The maximum atomic E-state index is 13.9. The van der Waals surface area contributed by atoms with Crippen LogP contribution in [-0.2, 0) is 19.6 Å². The lowest BCUT2D eigenvalue weighted by Gasteiger charge is -2.15. The standard InChI is InChI=1S/C15H15ClF4N4O/c1-7(22-14(25)12-8(2)23-24(3)13(12)17)4-11-10(16)5-9(6-21-11)15(18,19)20/h5-7H,4H2,1-3H3,(H,22,25). The molecule has 0 saturated heterocycles. The molecule has 2 aromatic heterocycles. The van der Waals surface area contributed by atoms with Crippen molar-refractivity contribution in [1.82, 2.24) is 20.1 Å². The van der Waals surface area contributed by atoms with Gasteiger partial charge >= 0.3 is 6.18 Å². The van der Waals surface area contributed by atoms with Crippen molar-refractivity contribution >= 4 is 17.5 Å². The number of hydrogen-bond acceptors (Lipinski definition) is 3. The predicted octanol–water partition coefficient (Wildman–Crippen LogP) is 3.30. The van der Waals surface area contributed by atoms with Gasteiger partial charge in [-0.2, -0.15) is 22.7 Å². The number of alkyl halides is 3. The third-order valence-corrected chi connectivity index (χ3v) is 3.83. The van der Waals surface area contributed by atoms with Gasteiger partial charge in [0, 0.05) is 25.7 Å². The molecule has 0 aliphatic rings. The number of rotatable bonds is 4. The highest BCUT2D eigenvalue weighted by Crippen LogP contribution is 2.31. The van der Waals surface area contributed by atoms with Crippen molar-refractivity contribution in [3.8, 4) is 0 Å². The molecule has 0 spiro atoms. The number of carbonyl (C=O) groups is 1. The Balaban J connectivity index is 2.10. The molecule has 0 aromatic carbocycles. The highest BCUT2D eigenvalue weighted by molar-refractivity contribution is 6.31. The van der Waals surface area contributed by atoms with Crippen LogP contribution < -0.4 is 5.32 Å². The normalized spacial score (nSPS) is 13.0. The van der Waals surface area contributed by atoms with E-state index >= 15 is 0 Å². The van der Waals surface area contributed by atoms with E-state index in [-0.39, 0.29) is 28.4 Å². The minimum Gasteiger partial charge on any atom is -0.349 e. The minimum atomic E-state index is -4.54. The Kier molecular flexibility index (Phi) is 5.36. The Bertz CT molecular complexity index is 804. The summed E-state index contributed by atoms with van der Waals surface area (Å²) in [5.74, 6) is -1.44. The molecular formula is C15H15ClF4N4O. The van der Waals surface area contributed by atoms with Crippen LogP contribution in [0, 0.1) is 12.9 Å². The average molecular weight is 379 g/mol. The van der Waals surface area contributed by atoms with E-state index in [1.165, 1.54) is 14.0 Å². The van der Waals surface area contributed by atoms with Gasteiger partial charge in [-0.3, -0.25) is 9.78 Å². The highest BCUT2D eigenvalue weighted by Gasteiger charge is 2.31. The zero-order valence-corrected chi connectivity index (χ0v) is 14.3. The Labute approximate surface area is 146 Å². The fourth-order valence-electron chi connectivity index (χ4n) is 2.30. The van der Waals surface area contributed by atoms with E-state index < -0.39 is 29.6 Å². The van der Waals surface area contributed by atoms with E-state index in [1.807, 2.05) is 0 Å². The lowest BCUT2D eigenvalue weighted by molar-refractivity contribution is -0.137. The van der Waals surface area contributed by atoms with Crippen LogP contribution in [0.1, 0.15) is 34.2 Å². The summed E-state index contributed by atoms with van der Waals surface area (Å²) in [6, 6.07) is 0.247. The third kappa shape index (κ3) is 4.28. The molecule has 0 radical (unpaired) electrons. The first kappa shape index (κ1) is 19.2. The zero-order chi connectivity index (χ0) is 18.9. The molecule has 0 aliphatic heterocycles. The summed E-state index contributed by atoms with van der Waals surface area (Å²) in [6.07, 6.45) is -3.77. The third-order valence-electron chi connectivity index (χ3n) is 3.50. The van der Waals surface area contributed by atoms with Crippen LogP contribution in [0.2, 0.25) is 5.02 Å². The van der Waals surface area contributed by atoms with Crippen LogP contribution in [0.5, 0.6) is 0 Å². The first-order valence-electron chi connectivity index (χ1n) is 7.22. The van der Waals surface area contributed by atoms with Crippen molar-refractivity contribution in [3.63, 3.8) is 0 Å². The van der Waals surface area contributed by atoms with Crippen LogP contribution in [0.25, 0.3) is 0 Å². The van der Waals surface area contributed by atoms with Gasteiger partial charge in [0.05, 0.1) is 22.0 Å². The van der Waals surface area contributed by atoms with Gasteiger partial charge in [-0.05, 0) is 19.9 Å². The number of aromatic nitrogens is 3. The van der Waals surface area contributed by atoms with E-state index in [0.717, 1.165) is 10.7 Å². The SMILES string of the molecule is Cc1nn(C)c(F)c1C(=O)NC(C)Cc1ncc(C(F)(F)F)cc1Cl. The molecule has 2 rings (SSSR count). The van der Waals surface area contributed by atoms with Crippen molar-refractivity contribution in [2.75, 3.05) is 0 Å². The quantitative estimate of drug-likeness (QED) is 0.830. The molecule has 1 unspecified atom stereocenters. The van der Waals surface area contributed by atoms with E-state index in [0.29, 0.717) is 6.20 Å². The Morgan fingerprint density at radius 1 is 1.44 bits per heavy atom. The van der Waals surface area contributed by atoms with Gasteiger partial charge in [-0.1, -0.05) is 11.6 Å². The van der Waals surface area contributed by atoms with Crippen molar-refractivity contribution in [2.45, 2.75) is 32.5 Å². The molecule has 25 heavy (non-hydrogen) atoms. The fraction of sp³-hybridized carbons (Fsp3) is 0.400. The Morgan fingerprint density at radius 2 is 2.08 bits per heavy atom. The molecule has 0 aliphatic carbocycles. The second-order valence-corrected chi connectivity index (χ2v) is 6.01. The fourth-order valence-corrected chi connectivity index (χ4v) is 2.54. The molecular weight excluding hydrogens is 364 g/mol. The maximum absolute atomic E-state index is 13.9. The van der Waals surface area contributed by atoms with E-state index in [9.17, 15) is 22.4 Å². The van der Waals surface area contributed by atoms with Crippen molar-refractivity contribution in [1.29, 1.82) is 0 Å². The smallest absolute Gasteiger partial charge is 0.349 e. The van der Waals surface area contributed by atoms with Gasteiger partial charge in [0.1, 0.15) is 5.56 Å². The summed E-state index contributed by atoms with van der Waals surface area (Å²) in [5, 5.41) is 6.22. The van der Waals surface area contributed by atoms with Crippen LogP contribution in [0.3, 0.4) is 0 Å². The van der Waals surface area contributed by atoms with Gasteiger partial charge in [-0.25, -0.2) is 4.68 Å². The summed E-state index contributed by atoms with van der Waals surface area (Å²) < 4.78 is 52.6. The van der Waals surface area contributed by atoms with Gasteiger partial charge in [0.2, 0.25) is 5.95 Å². The molecule has 1 amide bonds. The van der Waals surface area contributed by atoms with E-state index in [1.54, 1.807) is 6.92 Å². The Morgan fingerprint density at radius 3 is 2.56 bits per heavy atom. The van der Waals surface area contributed by atoms with E-state index in [4.69, 9.17) is 11.6 Å². The first-order valence-corrected chi connectivity index (χ1v) is 7.60. The summed E-state index contributed by atoms with van der Waals surface area (Å²) in [5.41, 5.74) is -0.701. The monoisotopic (exact) mass is 378 g/mol. The number of aryl methyl sites for hydroxylation is 2. The molecule has 5 nitrogen and oxygen atoms in total. The molecule has 0 bridgehead atoms. The van der Waals surface area contributed by atoms with Crippen LogP contribution in [0.4, 0.5) is 17.6 Å². The van der Waals surface area contributed by atoms with Crippen molar-refractivity contribution in [3.05, 3.63) is 45.7 Å². The summed E-state index contributed by atoms with van der Waals surface area (Å²) in [6.45, 7) is 3.11. The summed E-state index contributed by atoms with van der Waals surface area (Å²) in [7, 11) is 1.37. The zero-order valence-electron chi connectivity index (χ0n) is 13.6. The van der Waals surface area contributed by atoms with Gasteiger partial charge in [-0.15, -0.1) is 0 Å². The molecule has 0 fully saturated rings. The summed E-state index contributed by atoms with van der Waals surface area (Å²) in [4.78, 5) is 15.9. The number of amides is 1. The molecule has 136 valence electrons. The molecule has 1 atom stereocenters. The Hall–Kier alpha value is -2.16. The van der Waals surface area contributed by atoms with Crippen LogP contribution in [0.15, 0.2) is 12.3 Å². The molecule has 10 heteroatoms. The highest BCUT2D eigenvalue weighted by atomic mass is 35.5.